The van der Waals surface area contributed by atoms with Gasteiger partial charge in [0.05, 0.1) is 22.8 Å². The van der Waals surface area contributed by atoms with Gasteiger partial charge in [-0.2, -0.15) is 5.26 Å². The van der Waals surface area contributed by atoms with E-state index in [4.69, 9.17) is 0 Å². The predicted molar refractivity (Wildman–Crippen MR) is 89.1 cm³/mol. The molecule has 0 radical (unpaired) electrons. The predicted octanol–water partition coefficient (Wildman–Crippen LogP) is 3.88. The number of rotatable bonds is 3. The van der Waals surface area contributed by atoms with Crippen molar-refractivity contribution >= 4 is 0 Å². The van der Waals surface area contributed by atoms with Crippen LogP contribution in [0.3, 0.4) is 0 Å². The van der Waals surface area contributed by atoms with Crippen LogP contribution in [0, 0.1) is 11.3 Å². The van der Waals surface area contributed by atoms with Gasteiger partial charge in [-0.25, -0.2) is 0 Å². The Morgan fingerprint density at radius 3 is 1.77 bits per heavy atom. The Labute approximate surface area is 131 Å². The van der Waals surface area contributed by atoms with Gasteiger partial charge in [-0.3, -0.25) is 0 Å². The van der Waals surface area contributed by atoms with E-state index in [1.165, 1.54) is 0 Å². The quantitative estimate of drug-likeness (QED) is 0.856. The summed E-state index contributed by atoms with van der Waals surface area (Å²) in [6.45, 7) is 0. The zero-order valence-electron chi connectivity index (χ0n) is 12.8. The second kappa shape index (κ2) is 5.54. The van der Waals surface area contributed by atoms with Crippen molar-refractivity contribution in [2.75, 3.05) is 14.1 Å². The monoisotopic (exact) mass is 286 g/mol. The number of hydrogen-bond acceptors (Lipinski definition) is 2. The molecule has 0 unspecified atom stereocenters. The van der Waals surface area contributed by atoms with Crippen LogP contribution >= 0.6 is 0 Å². The van der Waals surface area contributed by atoms with Gasteiger partial charge in [0, 0.05) is 14.1 Å². The third-order valence-corrected chi connectivity index (χ3v) is 4.19. The third-order valence-electron chi connectivity index (χ3n) is 4.19. The first-order valence-corrected chi connectivity index (χ1v) is 7.32. The lowest BCUT2D eigenvalue weighted by molar-refractivity contribution is 0.524. The summed E-state index contributed by atoms with van der Waals surface area (Å²) in [6.07, 6.45) is 4.20. The molecular weight excluding hydrogens is 268 g/mol. The molecule has 1 aliphatic rings. The molecule has 1 aliphatic carbocycles. The Balaban J connectivity index is 2.33. The van der Waals surface area contributed by atoms with E-state index in [1.807, 2.05) is 55.4 Å². The number of allylic oxidation sites excluding steroid dienone is 3. The zero-order valence-corrected chi connectivity index (χ0v) is 12.8. The van der Waals surface area contributed by atoms with E-state index in [0.29, 0.717) is 0 Å². The van der Waals surface area contributed by atoms with Crippen LogP contribution in [0.4, 0.5) is 0 Å². The molecule has 22 heavy (non-hydrogen) atoms. The summed E-state index contributed by atoms with van der Waals surface area (Å²) >= 11 is 0. The lowest BCUT2D eigenvalue weighted by Gasteiger charge is -2.30. The molecule has 0 heterocycles. The minimum atomic E-state index is -0.503. The molecule has 0 saturated carbocycles. The molecule has 2 aromatic carbocycles. The number of hydrogen-bond donors (Lipinski definition) is 0. The van der Waals surface area contributed by atoms with Crippen molar-refractivity contribution in [2.45, 2.75) is 5.41 Å². The van der Waals surface area contributed by atoms with Crippen LogP contribution in [0.15, 0.2) is 84.1 Å². The van der Waals surface area contributed by atoms with E-state index in [1.54, 1.807) is 0 Å². The summed E-state index contributed by atoms with van der Waals surface area (Å²) in [5.74, 6) is 0. The van der Waals surface area contributed by atoms with E-state index < -0.39 is 5.41 Å². The fourth-order valence-electron chi connectivity index (χ4n) is 3.14. The van der Waals surface area contributed by atoms with Gasteiger partial charge in [0.1, 0.15) is 0 Å². The van der Waals surface area contributed by atoms with Crippen LogP contribution in [0.5, 0.6) is 0 Å². The van der Waals surface area contributed by atoms with Gasteiger partial charge < -0.3 is 4.90 Å². The van der Waals surface area contributed by atoms with Crippen LogP contribution < -0.4 is 0 Å². The Bertz CT molecular complexity index is 723. The minimum Gasteiger partial charge on any atom is -0.377 e. The first-order valence-electron chi connectivity index (χ1n) is 7.32. The molecule has 0 saturated heterocycles. The van der Waals surface area contributed by atoms with Gasteiger partial charge in [-0.05, 0) is 17.2 Å². The van der Waals surface area contributed by atoms with Crippen LogP contribution in [0.2, 0.25) is 0 Å². The fourth-order valence-corrected chi connectivity index (χ4v) is 3.14. The van der Waals surface area contributed by atoms with Crippen LogP contribution in [-0.2, 0) is 5.41 Å². The molecule has 0 N–H and O–H groups in total. The highest BCUT2D eigenvalue weighted by Crippen LogP contribution is 2.45. The highest BCUT2D eigenvalue weighted by atomic mass is 15.1. The summed E-state index contributed by atoms with van der Waals surface area (Å²) in [5, 5.41) is 9.87. The van der Waals surface area contributed by atoms with E-state index >= 15 is 0 Å². The van der Waals surface area contributed by atoms with Crippen molar-refractivity contribution in [1.82, 2.24) is 4.90 Å². The van der Waals surface area contributed by atoms with Crippen molar-refractivity contribution in [2.24, 2.45) is 0 Å². The third kappa shape index (κ3) is 2.03. The highest BCUT2D eigenvalue weighted by Gasteiger charge is 2.41. The number of likely N-dealkylation sites (N-methyl/N-ethyl adjacent to an activating group) is 1. The van der Waals surface area contributed by atoms with Crippen LogP contribution in [0.25, 0.3) is 0 Å². The Morgan fingerprint density at radius 1 is 0.864 bits per heavy atom. The lowest BCUT2D eigenvalue weighted by atomic mass is 9.71. The van der Waals surface area contributed by atoms with E-state index in [0.717, 1.165) is 22.4 Å². The molecule has 2 nitrogen and oxygen atoms in total. The average molecular weight is 286 g/mol. The second-order valence-corrected chi connectivity index (χ2v) is 5.64. The van der Waals surface area contributed by atoms with Crippen molar-refractivity contribution in [3.63, 3.8) is 0 Å². The van der Waals surface area contributed by atoms with Gasteiger partial charge >= 0.3 is 0 Å². The smallest absolute Gasteiger partial charge is 0.0985 e. The molecule has 0 spiro atoms. The highest BCUT2D eigenvalue weighted by molar-refractivity contribution is 5.64. The SMILES string of the molecule is CN(C)C1=C(C#N)C(c2ccccc2)(c2ccccc2)C=C1. The summed E-state index contributed by atoms with van der Waals surface area (Å²) in [5.41, 5.74) is 3.47. The first kappa shape index (κ1) is 14.2. The normalized spacial score (nSPS) is 15.7. The molecule has 2 aromatic rings. The molecule has 108 valence electrons. The van der Waals surface area contributed by atoms with Gasteiger partial charge in [0.15, 0.2) is 0 Å². The van der Waals surface area contributed by atoms with E-state index in [-0.39, 0.29) is 0 Å². The van der Waals surface area contributed by atoms with Crippen molar-refractivity contribution in [3.05, 3.63) is 95.2 Å². The van der Waals surface area contributed by atoms with Crippen LogP contribution in [-0.4, -0.2) is 19.0 Å². The van der Waals surface area contributed by atoms with Crippen LogP contribution in [0.1, 0.15) is 11.1 Å². The second-order valence-electron chi connectivity index (χ2n) is 5.64. The fraction of sp³-hybridized carbons (Fsp3) is 0.150. The van der Waals surface area contributed by atoms with E-state index in [2.05, 4.69) is 42.5 Å². The Kier molecular flexibility index (Phi) is 3.56. The molecule has 0 aliphatic heterocycles. The van der Waals surface area contributed by atoms with Gasteiger partial charge in [0.25, 0.3) is 0 Å². The average Bonchev–Trinajstić information content (AvgIpc) is 2.97. The molecule has 0 amide bonds. The minimum absolute atomic E-state index is 0.503. The Morgan fingerprint density at radius 2 is 1.36 bits per heavy atom. The largest absolute Gasteiger partial charge is 0.377 e. The number of nitriles is 1. The standard InChI is InChI=1S/C20H18N2/c1-22(2)19-13-14-20(18(19)15-21,16-9-5-3-6-10-16)17-11-7-4-8-12-17/h3-14H,1-2H3. The van der Waals surface area contributed by atoms with Crippen molar-refractivity contribution in [3.8, 4) is 6.07 Å². The maximum atomic E-state index is 9.87. The molecule has 0 aromatic heterocycles. The number of nitrogens with zero attached hydrogens (tertiary/aromatic N) is 2. The van der Waals surface area contributed by atoms with Crippen molar-refractivity contribution < 1.29 is 0 Å². The Hall–Kier alpha value is -2.79. The summed E-state index contributed by atoms with van der Waals surface area (Å²) in [6, 6.07) is 22.9. The lowest BCUT2D eigenvalue weighted by Crippen LogP contribution is -2.27. The maximum Gasteiger partial charge on any atom is 0.0985 e. The van der Waals surface area contributed by atoms with Crippen molar-refractivity contribution in [1.29, 1.82) is 5.26 Å². The van der Waals surface area contributed by atoms with Gasteiger partial charge in [-0.15, -0.1) is 0 Å². The zero-order chi connectivity index (χ0) is 15.6. The van der Waals surface area contributed by atoms with Gasteiger partial charge in [0.2, 0.25) is 0 Å². The molecule has 0 fully saturated rings. The number of benzene rings is 2. The molecule has 0 atom stereocenters. The molecular formula is C20H18N2. The summed E-state index contributed by atoms with van der Waals surface area (Å²) < 4.78 is 0. The maximum absolute atomic E-state index is 9.87. The molecule has 2 heteroatoms. The van der Waals surface area contributed by atoms with E-state index in [9.17, 15) is 5.26 Å². The van der Waals surface area contributed by atoms with Gasteiger partial charge in [-0.1, -0.05) is 66.7 Å². The summed E-state index contributed by atoms with van der Waals surface area (Å²) in [7, 11) is 3.95. The molecule has 0 bridgehead atoms. The topological polar surface area (TPSA) is 27.0 Å². The first-order chi connectivity index (χ1) is 10.7. The summed E-state index contributed by atoms with van der Waals surface area (Å²) in [4.78, 5) is 2.00. The molecule has 3 rings (SSSR count).